The molecule has 5 N–H and O–H groups in total. The maximum absolute atomic E-state index is 12.6. The van der Waals surface area contributed by atoms with Crippen molar-refractivity contribution in [2.45, 2.75) is 314 Å². The molecule has 0 saturated carbocycles. The summed E-state index contributed by atoms with van der Waals surface area (Å²) in [6.07, 6.45) is 63.6. The van der Waals surface area contributed by atoms with Gasteiger partial charge in [0.05, 0.1) is 18.8 Å². The van der Waals surface area contributed by atoms with Crippen molar-refractivity contribution in [2.24, 2.45) is 0 Å². The monoisotopic (exact) mass is 888 g/mol. The highest BCUT2D eigenvalue weighted by atomic mass is 16.3. The van der Waals surface area contributed by atoms with Crippen molar-refractivity contribution in [3.05, 3.63) is 36.5 Å². The summed E-state index contributed by atoms with van der Waals surface area (Å²) in [5, 5.41) is 43.9. The first-order valence-corrected chi connectivity index (χ1v) is 27.9. The molecule has 4 unspecified atom stereocenters. The predicted octanol–water partition coefficient (Wildman–Crippen LogP) is 16.0. The van der Waals surface area contributed by atoms with Gasteiger partial charge in [0.2, 0.25) is 5.91 Å². The van der Waals surface area contributed by atoms with Crippen LogP contribution < -0.4 is 5.32 Å². The number of aliphatic hydroxyl groups excluding tert-OH is 4. The Labute approximate surface area is 392 Å². The van der Waals surface area contributed by atoms with Crippen LogP contribution in [0, 0.1) is 0 Å². The van der Waals surface area contributed by atoms with Crippen LogP contribution in [0.2, 0.25) is 0 Å². The quantitative estimate of drug-likeness (QED) is 0.0309. The molecule has 0 aromatic rings. The minimum absolute atomic E-state index is 0.363. The van der Waals surface area contributed by atoms with E-state index in [0.29, 0.717) is 12.8 Å². The van der Waals surface area contributed by atoms with E-state index >= 15 is 0 Å². The van der Waals surface area contributed by atoms with Crippen LogP contribution in [0.15, 0.2) is 36.5 Å². The third kappa shape index (κ3) is 45.5. The van der Waals surface area contributed by atoms with E-state index in [9.17, 15) is 25.2 Å². The Bertz CT molecular complexity index is 997. The van der Waals surface area contributed by atoms with Crippen LogP contribution in [0.4, 0.5) is 0 Å². The van der Waals surface area contributed by atoms with Crippen molar-refractivity contribution in [3.63, 3.8) is 0 Å². The average molecular weight is 889 g/mol. The first-order valence-electron chi connectivity index (χ1n) is 27.9. The summed E-state index contributed by atoms with van der Waals surface area (Å²) in [5.41, 5.74) is 0. The van der Waals surface area contributed by atoms with Crippen molar-refractivity contribution in [1.29, 1.82) is 0 Å². The Morgan fingerprint density at radius 3 is 1.05 bits per heavy atom. The van der Waals surface area contributed by atoms with Crippen LogP contribution in [-0.4, -0.2) is 57.3 Å². The van der Waals surface area contributed by atoms with Crippen molar-refractivity contribution < 1.29 is 25.2 Å². The molecule has 0 heterocycles. The molecule has 0 rings (SSSR count). The third-order valence-corrected chi connectivity index (χ3v) is 13.1. The second kappa shape index (κ2) is 51.5. The molecule has 0 fully saturated rings. The smallest absolute Gasteiger partial charge is 0.249 e. The minimum atomic E-state index is -1.28. The fraction of sp³-hybridized carbons (Fsp3) is 0.877. The topological polar surface area (TPSA) is 110 Å². The number of carbonyl (C=O) groups excluding carboxylic acids is 1. The summed E-state index contributed by atoms with van der Waals surface area (Å²) in [7, 11) is 0. The highest BCUT2D eigenvalue weighted by Crippen LogP contribution is 2.17. The summed E-state index contributed by atoms with van der Waals surface area (Å²) in [5.74, 6) is -0.591. The SMILES string of the molecule is CCCCCCCCCCC/C=C\C/C=C\CCCCCCCCCCCCCCCCC(O)C(=O)NC(CO)C(O)C(O)CCC/C=C/CCCCCCCCCCCCCC. The number of nitrogens with one attached hydrogen (secondary N) is 1. The number of unbranched alkanes of at least 4 members (excludes halogenated alkanes) is 36. The Hall–Kier alpha value is -1.47. The Morgan fingerprint density at radius 1 is 0.397 bits per heavy atom. The molecule has 0 saturated heterocycles. The van der Waals surface area contributed by atoms with Gasteiger partial charge >= 0.3 is 0 Å². The van der Waals surface area contributed by atoms with Gasteiger partial charge in [-0.05, 0) is 70.6 Å². The van der Waals surface area contributed by atoms with E-state index in [1.165, 1.54) is 218 Å². The molecule has 0 aliphatic rings. The second-order valence-electron chi connectivity index (χ2n) is 19.3. The highest BCUT2D eigenvalue weighted by Gasteiger charge is 2.28. The normalized spacial score (nSPS) is 14.1. The van der Waals surface area contributed by atoms with Gasteiger partial charge in [-0.15, -0.1) is 0 Å². The molecule has 1 amide bonds. The van der Waals surface area contributed by atoms with Gasteiger partial charge in [-0.3, -0.25) is 4.79 Å². The van der Waals surface area contributed by atoms with Crippen LogP contribution in [0.3, 0.4) is 0 Å². The lowest BCUT2D eigenvalue weighted by molar-refractivity contribution is -0.132. The van der Waals surface area contributed by atoms with E-state index in [-0.39, 0.29) is 0 Å². The van der Waals surface area contributed by atoms with Gasteiger partial charge in [-0.25, -0.2) is 0 Å². The molecule has 6 heteroatoms. The second-order valence-corrected chi connectivity index (χ2v) is 19.3. The van der Waals surface area contributed by atoms with Crippen LogP contribution >= 0.6 is 0 Å². The summed E-state index contributed by atoms with van der Waals surface area (Å²) in [6.45, 7) is 4.06. The Kier molecular flexibility index (Phi) is 50.3. The van der Waals surface area contributed by atoms with E-state index < -0.39 is 36.9 Å². The summed E-state index contributed by atoms with van der Waals surface area (Å²) < 4.78 is 0. The molecule has 0 aromatic carbocycles. The number of rotatable bonds is 51. The first kappa shape index (κ1) is 61.5. The van der Waals surface area contributed by atoms with Crippen LogP contribution in [0.25, 0.3) is 0 Å². The van der Waals surface area contributed by atoms with E-state index in [1.807, 2.05) is 0 Å². The van der Waals surface area contributed by atoms with E-state index in [1.54, 1.807) is 0 Å². The molecule has 63 heavy (non-hydrogen) atoms. The summed E-state index contributed by atoms with van der Waals surface area (Å²) >= 11 is 0. The molecule has 4 atom stereocenters. The van der Waals surface area contributed by atoms with E-state index in [2.05, 4.69) is 55.6 Å². The van der Waals surface area contributed by atoms with Gasteiger partial charge in [0.15, 0.2) is 0 Å². The molecule has 0 bridgehead atoms. The Morgan fingerprint density at radius 2 is 0.698 bits per heavy atom. The van der Waals surface area contributed by atoms with Crippen molar-refractivity contribution in [1.82, 2.24) is 5.32 Å². The summed E-state index contributed by atoms with van der Waals surface area (Å²) in [4.78, 5) is 12.6. The largest absolute Gasteiger partial charge is 0.394 e. The molecule has 0 radical (unpaired) electrons. The molecule has 0 aliphatic heterocycles. The lowest BCUT2D eigenvalue weighted by Crippen LogP contribution is -2.53. The number of allylic oxidation sites excluding steroid dienone is 6. The number of aliphatic hydroxyl groups is 4. The number of carbonyl (C=O) groups is 1. The van der Waals surface area contributed by atoms with E-state index in [4.69, 9.17) is 0 Å². The third-order valence-electron chi connectivity index (χ3n) is 13.1. The van der Waals surface area contributed by atoms with Crippen molar-refractivity contribution >= 4 is 5.91 Å². The van der Waals surface area contributed by atoms with Gasteiger partial charge in [-0.2, -0.15) is 0 Å². The maximum Gasteiger partial charge on any atom is 0.249 e. The zero-order valence-corrected chi connectivity index (χ0v) is 42.1. The zero-order valence-electron chi connectivity index (χ0n) is 42.1. The number of hydrogen-bond acceptors (Lipinski definition) is 5. The minimum Gasteiger partial charge on any atom is -0.394 e. The van der Waals surface area contributed by atoms with Crippen LogP contribution in [-0.2, 0) is 4.79 Å². The lowest BCUT2D eigenvalue weighted by Gasteiger charge is -2.27. The standard InChI is InChI=1S/C57H109NO5/c1-3-5-7-9-11-13-15-17-19-21-22-23-24-25-26-27-28-29-30-31-32-33-35-37-39-41-43-45-47-49-51-55(61)57(63)58-53(52-59)56(62)54(60)50-48-46-44-42-40-38-36-34-20-18-16-14-12-10-8-6-4-2/h22-23,25-26,42,44,53-56,59-62H,3-21,24,27-41,43,45-52H2,1-2H3,(H,58,63)/b23-22-,26-25-,44-42+. The summed E-state index contributed by atoms with van der Waals surface area (Å²) in [6, 6.07) is -1.00. The van der Waals surface area contributed by atoms with E-state index in [0.717, 1.165) is 44.9 Å². The predicted molar refractivity (Wildman–Crippen MR) is 274 cm³/mol. The molecular formula is C57H109NO5. The molecule has 372 valence electrons. The average Bonchev–Trinajstić information content (AvgIpc) is 3.29. The highest BCUT2D eigenvalue weighted by molar-refractivity contribution is 5.80. The Balaban J connectivity index is 3.63. The maximum atomic E-state index is 12.6. The number of hydrogen-bond donors (Lipinski definition) is 5. The lowest BCUT2D eigenvalue weighted by atomic mass is 10.00. The van der Waals surface area contributed by atoms with Gasteiger partial charge in [0, 0.05) is 0 Å². The van der Waals surface area contributed by atoms with Crippen molar-refractivity contribution in [3.8, 4) is 0 Å². The van der Waals surface area contributed by atoms with Gasteiger partial charge in [0.1, 0.15) is 12.2 Å². The molecule has 0 spiro atoms. The zero-order chi connectivity index (χ0) is 45.9. The fourth-order valence-corrected chi connectivity index (χ4v) is 8.67. The van der Waals surface area contributed by atoms with Gasteiger partial charge in [0.25, 0.3) is 0 Å². The molecule has 0 aromatic heterocycles. The van der Waals surface area contributed by atoms with Gasteiger partial charge in [-0.1, -0.05) is 256 Å². The molecular weight excluding hydrogens is 779 g/mol. The fourth-order valence-electron chi connectivity index (χ4n) is 8.67. The molecule has 6 nitrogen and oxygen atoms in total. The first-order chi connectivity index (χ1) is 31.0. The van der Waals surface area contributed by atoms with Crippen LogP contribution in [0.1, 0.15) is 290 Å². The van der Waals surface area contributed by atoms with Crippen molar-refractivity contribution in [2.75, 3.05) is 6.61 Å². The van der Waals surface area contributed by atoms with Gasteiger partial charge < -0.3 is 25.7 Å². The molecule has 0 aliphatic carbocycles. The number of amides is 1. The van der Waals surface area contributed by atoms with Crippen LogP contribution in [0.5, 0.6) is 0 Å².